The maximum Gasteiger partial charge on any atom is 0.338 e. The molecule has 38 heavy (non-hydrogen) atoms. The SMILES string of the molecule is CCCCCc1ccc(C(=O)Nc2cccc(C3NC(=O)N(CCC)C(C)=C3C(=O)OCC(C)C)c2)cc1. The Labute approximate surface area is 226 Å². The van der Waals surface area contributed by atoms with Crippen molar-refractivity contribution < 1.29 is 19.1 Å². The quantitative estimate of drug-likeness (QED) is 0.244. The summed E-state index contributed by atoms with van der Waals surface area (Å²) in [6.07, 6.45) is 5.28. The Bertz CT molecular complexity index is 1150. The minimum atomic E-state index is -0.686. The number of nitrogens with zero attached hydrogens (tertiary/aromatic N) is 1. The lowest BCUT2D eigenvalue weighted by Gasteiger charge is -2.35. The topological polar surface area (TPSA) is 87.7 Å². The summed E-state index contributed by atoms with van der Waals surface area (Å²) in [4.78, 5) is 40.6. The summed E-state index contributed by atoms with van der Waals surface area (Å²) < 4.78 is 5.58. The zero-order valence-corrected chi connectivity index (χ0v) is 23.3. The van der Waals surface area contributed by atoms with Gasteiger partial charge in [0.2, 0.25) is 0 Å². The van der Waals surface area contributed by atoms with Gasteiger partial charge >= 0.3 is 12.0 Å². The molecule has 1 atom stereocenters. The zero-order valence-electron chi connectivity index (χ0n) is 23.3. The summed E-state index contributed by atoms with van der Waals surface area (Å²) in [5.41, 5.74) is 4.06. The number of allylic oxidation sites excluding steroid dienone is 1. The van der Waals surface area contributed by atoms with Crippen LogP contribution >= 0.6 is 0 Å². The molecular formula is C31H41N3O4. The standard InChI is InChI=1S/C31H41N3O4/c1-6-8-9-11-23-14-16-24(17-15-23)29(35)32-26-13-10-12-25(19-26)28-27(30(36)38-20-21(3)4)22(5)34(18-7-2)31(37)33-28/h10,12-17,19,21,28H,6-9,11,18,20H2,1-5H3,(H,32,35)(H,33,37). The van der Waals surface area contributed by atoms with Crippen molar-refractivity contribution in [2.45, 2.75) is 72.8 Å². The first kappa shape index (κ1) is 29.0. The first-order valence-corrected chi connectivity index (χ1v) is 13.7. The Hall–Kier alpha value is -3.61. The summed E-state index contributed by atoms with van der Waals surface area (Å²) in [5, 5.41) is 5.92. The molecule has 0 aliphatic carbocycles. The summed E-state index contributed by atoms with van der Waals surface area (Å²) >= 11 is 0. The van der Waals surface area contributed by atoms with Crippen molar-refractivity contribution in [2.24, 2.45) is 5.92 Å². The Morgan fingerprint density at radius 3 is 2.45 bits per heavy atom. The van der Waals surface area contributed by atoms with Gasteiger partial charge in [-0.1, -0.05) is 64.8 Å². The van der Waals surface area contributed by atoms with Crippen molar-refractivity contribution >= 4 is 23.6 Å². The molecule has 3 rings (SSSR count). The lowest BCUT2D eigenvalue weighted by molar-refractivity contribution is -0.140. The van der Waals surface area contributed by atoms with E-state index in [1.54, 1.807) is 30.0 Å². The van der Waals surface area contributed by atoms with E-state index in [2.05, 4.69) is 17.6 Å². The van der Waals surface area contributed by atoms with Crippen LogP contribution in [0, 0.1) is 5.92 Å². The van der Waals surface area contributed by atoms with Crippen molar-refractivity contribution in [2.75, 3.05) is 18.5 Å². The molecule has 204 valence electrons. The van der Waals surface area contributed by atoms with Gasteiger partial charge in [0.25, 0.3) is 5.91 Å². The third kappa shape index (κ3) is 7.46. The number of carbonyl (C=O) groups excluding carboxylic acids is 3. The number of hydrogen-bond donors (Lipinski definition) is 2. The number of unbranched alkanes of at least 4 members (excludes halogenated alkanes) is 2. The number of aryl methyl sites for hydroxylation is 1. The fraction of sp³-hybridized carbons (Fsp3) is 0.452. The summed E-state index contributed by atoms with van der Waals surface area (Å²) in [6.45, 7) is 10.7. The second-order valence-electron chi connectivity index (χ2n) is 10.3. The molecule has 0 bridgehead atoms. The molecule has 0 aromatic heterocycles. The van der Waals surface area contributed by atoms with Crippen molar-refractivity contribution in [1.82, 2.24) is 10.2 Å². The first-order chi connectivity index (χ1) is 18.2. The Balaban J connectivity index is 1.82. The van der Waals surface area contributed by atoms with Gasteiger partial charge in [0.05, 0.1) is 18.2 Å². The van der Waals surface area contributed by atoms with Crippen LogP contribution in [0.3, 0.4) is 0 Å². The van der Waals surface area contributed by atoms with Crippen LogP contribution in [0.25, 0.3) is 0 Å². The Kier molecular flexibility index (Phi) is 10.5. The fourth-order valence-electron chi connectivity index (χ4n) is 4.51. The zero-order chi connectivity index (χ0) is 27.7. The highest BCUT2D eigenvalue weighted by molar-refractivity contribution is 6.04. The van der Waals surface area contributed by atoms with Gasteiger partial charge in [-0.15, -0.1) is 0 Å². The number of esters is 1. The number of carbonyl (C=O) groups is 3. The van der Waals surface area contributed by atoms with E-state index in [-0.39, 0.29) is 24.5 Å². The molecule has 7 heteroatoms. The summed E-state index contributed by atoms with van der Waals surface area (Å²) in [6, 6.07) is 14.0. The molecule has 2 aromatic rings. The van der Waals surface area contributed by atoms with Crippen LogP contribution in [-0.2, 0) is 16.0 Å². The van der Waals surface area contributed by atoms with Gasteiger partial charge in [0.15, 0.2) is 0 Å². The molecule has 3 amide bonds. The highest BCUT2D eigenvalue weighted by Gasteiger charge is 2.36. The molecule has 0 radical (unpaired) electrons. The maximum absolute atomic E-state index is 13.2. The number of nitrogens with one attached hydrogen (secondary N) is 2. The number of amides is 3. The van der Waals surface area contributed by atoms with E-state index in [9.17, 15) is 14.4 Å². The number of anilines is 1. The van der Waals surface area contributed by atoms with Gasteiger partial charge in [-0.05, 0) is 67.5 Å². The van der Waals surface area contributed by atoms with Gasteiger partial charge in [-0.25, -0.2) is 9.59 Å². The van der Waals surface area contributed by atoms with Crippen LogP contribution in [0.5, 0.6) is 0 Å². The number of urea groups is 1. The highest BCUT2D eigenvalue weighted by atomic mass is 16.5. The number of ether oxygens (including phenoxy) is 1. The van der Waals surface area contributed by atoms with Gasteiger partial charge < -0.3 is 15.4 Å². The predicted octanol–water partition coefficient (Wildman–Crippen LogP) is 6.62. The summed E-state index contributed by atoms with van der Waals surface area (Å²) in [5.74, 6) is -0.477. The predicted molar refractivity (Wildman–Crippen MR) is 151 cm³/mol. The summed E-state index contributed by atoms with van der Waals surface area (Å²) in [7, 11) is 0. The normalized spacial score (nSPS) is 15.5. The Morgan fingerprint density at radius 2 is 1.79 bits per heavy atom. The van der Waals surface area contributed by atoms with Crippen LogP contribution in [0.1, 0.15) is 87.8 Å². The second-order valence-corrected chi connectivity index (χ2v) is 10.3. The van der Waals surface area contributed by atoms with E-state index in [0.29, 0.717) is 34.6 Å². The third-order valence-electron chi connectivity index (χ3n) is 6.57. The van der Waals surface area contributed by atoms with Crippen molar-refractivity contribution in [3.63, 3.8) is 0 Å². The fourth-order valence-corrected chi connectivity index (χ4v) is 4.51. The number of benzene rings is 2. The molecule has 1 aliphatic heterocycles. The molecule has 1 aliphatic rings. The van der Waals surface area contributed by atoms with E-state index < -0.39 is 12.0 Å². The lowest BCUT2D eigenvalue weighted by atomic mass is 9.94. The van der Waals surface area contributed by atoms with Crippen LogP contribution < -0.4 is 10.6 Å². The van der Waals surface area contributed by atoms with E-state index in [0.717, 1.165) is 19.3 Å². The van der Waals surface area contributed by atoms with Crippen molar-refractivity contribution in [1.29, 1.82) is 0 Å². The smallest absolute Gasteiger partial charge is 0.338 e. The van der Waals surface area contributed by atoms with E-state index >= 15 is 0 Å². The minimum absolute atomic E-state index is 0.187. The molecule has 2 aromatic carbocycles. The molecule has 1 heterocycles. The maximum atomic E-state index is 13.2. The average Bonchev–Trinajstić information content (AvgIpc) is 2.90. The monoisotopic (exact) mass is 519 g/mol. The second kappa shape index (κ2) is 13.8. The molecule has 0 saturated carbocycles. The minimum Gasteiger partial charge on any atom is -0.462 e. The molecule has 0 fully saturated rings. The van der Waals surface area contributed by atoms with Crippen molar-refractivity contribution in [3.8, 4) is 0 Å². The largest absolute Gasteiger partial charge is 0.462 e. The van der Waals surface area contributed by atoms with Crippen LogP contribution in [-0.4, -0.2) is 36.0 Å². The highest BCUT2D eigenvalue weighted by Crippen LogP contribution is 2.32. The lowest BCUT2D eigenvalue weighted by Crippen LogP contribution is -2.48. The van der Waals surface area contributed by atoms with E-state index in [1.807, 2.05) is 51.1 Å². The van der Waals surface area contributed by atoms with Gasteiger partial charge in [-0.3, -0.25) is 9.69 Å². The molecule has 0 spiro atoms. The van der Waals surface area contributed by atoms with Gasteiger partial charge in [0.1, 0.15) is 0 Å². The van der Waals surface area contributed by atoms with Crippen LogP contribution in [0.15, 0.2) is 59.8 Å². The number of hydrogen-bond acceptors (Lipinski definition) is 4. The van der Waals surface area contributed by atoms with Crippen molar-refractivity contribution in [3.05, 3.63) is 76.5 Å². The van der Waals surface area contributed by atoms with Crippen LogP contribution in [0.4, 0.5) is 10.5 Å². The van der Waals surface area contributed by atoms with Gasteiger partial charge in [-0.2, -0.15) is 0 Å². The number of rotatable bonds is 12. The van der Waals surface area contributed by atoms with Crippen LogP contribution in [0.2, 0.25) is 0 Å². The van der Waals surface area contributed by atoms with E-state index in [4.69, 9.17) is 4.74 Å². The van der Waals surface area contributed by atoms with E-state index in [1.165, 1.54) is 18.4 Å². The molecule has 1 unspecified atom stereocenters. The molecule has 2 N–H and O–H groups in total. The first-order valence-electron chi connectivity index (χ1n) is 13.7. The Morgan fingerprint density at radius 1 is 1.05 bits per heavy atom. The molecule has 7 nitrogen and oxygen atoms in total. The average molecular weight is 520 g/mol. The molecule has 0 saturated heterocycles. The van der Waals surface area contributed by atoms with Gasteiger partial charge in [0, 0.05) is 23.5 Å². The molecular weight excluding hydrogens is 478 g/mol. The third-order valence-corrected chi connectivity index (χ3v) is 6.57.